The molecule has 1 aliphatic rings. The van der Waals surface area contributed by atoms with Crippen molar-refractivity contribution in [3.63, 3.8) is 0 Å². The van der Waals surface area contributed by atoms with Gasteiger partial charge in [-0.15, -0.1) is 0 Å². The summed E-state index contributed by atoms with van der Waals surface area (Å²) in [5.74, 6) is 0. The highest BCUT2D eigenvalue weighted by atomic mass is 16.5. The Kier molecular flexibility index (Phi) is 3.42. The van der Waals surface area contributed by atoms with Crippen LogP contribution in [0.25, 0.3) is 0 Å². The van der Waals surface area contributed by atoms with Gasteiger partial charge in [0.1, 0.15) is 12.9 Å². The number of amides is 1. The molecule has 1 N–H and O–H groups in total. The Morgan fingerprint density at radius 1 is 1.35 bits per heavy atom. The zero-order valence-electron chi connectivity index (χ0n) is 9.52. The van der Waals surface area contributed by atoms with Crippen LogP contribution >= 0.6 is 0 Å². The van der Waals surface area contributed by atoms with Crippen molar-refractivity contribution in [2.24, 2.45) is 0 Å². The number of hydrogen-bond acceptors (Lipinski definition) is 3. The minimum Gasteiger partial charge on any atom is -0.445 e. The van der Waals surface area contributed by atoms with Crippen LogP contribution in [0, 0.1) is 0 Å². The Morgan fingerprint density at radius 3 is 2.59 bits per heavy atom. The summed E-state index contributed by atoms with van der Waals surface area (Å²) in [6.07, 6.45) is 2.66. The van der Waals surface area contributed by atoms with Gasteiger partial charge in [0, 0.05) is 0 Å². The zero-order chi connectivity index (χ0) is 12.1. The number of ether oxygens (including phenoxy) is 1. The molecule has 0 aliphatic heterocycles. The van der Waals surface area contributed by atoms with E-state index < -0.39 is 11.6 Å². The van der Waals surface area contributed by atoms with Crippen LogP contribution in [0.4, 0.5) is 4.79 Å². The average Bonchev–Trinajstić information content (AvgIpc) is 2.33. The second-order valence-electron chi connectivity index (χ2n) is 4.31. The third-order valence-corrected chi connectivity index (χ3v) is 3.04. The van der Waals surface area contributed by atoms with Crippen LogP contribution < -0.4 is 5.32 Å². The van der Waals surface area contributed by atoms with E-state index in [0.29, 0.717) is 12.8 Å². The van der Waals surface area contributed by atoms with Crippen LogP contribution in [0.15, 0.2) is 30.3 Å². The van der Waals surface area contributed by atoms with E-state index in [1.165, 1.54) is 0 Å². The van der Waals surface area contributed by atoms with E-state index in [9.17, 15) is 9.59 Å². The number of carbonyl (C=O) groups is 2. The number of alkyl carbamates (subject to hydrolysis) is 1. The molecule has 4 heteroatoms. The molecule has 1 amide bonds. The number of rotatable bonds is 4. The van der Waals surface area contributed by atoms with E-state index in [1.54, 1.807) is 0 Å². The smallest absolute Gasteiger partial charge is 0.408 e. The lowest BCUT2D eigenvalue weighted by atomic mass is 9.78. The Balaban J connectivity index is 1.80. The topological polar surface area (TPSA) is 55.4 Å². The number of hydrogen-bond donors (Lipinski definition) is 1. The van der Waals surface area contributed by atoms with Crippen molar-refractivity contribution >= 4 is 12.4 Å². The zero-order valence-corrected chi connectivity index (χ0v) is 9.52. The Hall–Kier alpha value is -1.84. The molecule has 0 heterocycles. The third-order valence-electron chi connectivity index (χ3n) is 3.04. The lowest BCUT2D eigenvalue weighted by molar-refractivity contribution is -0.116. The van der Waals surface area contributed by atoms with E-state index in [2.05, 4.69) is 5.32 Å². The SMILES string of the molecule is O=CC1(NC(=O)OCc2ccccc2)CCC1. The van der Waals surface area contributed by atoms with Crippen LogP contribution in [-0.4, -0.2) is 17.9 Å². The first-order valence-electron chi connectivity index (χ1n) is 5.69. The molecule has 90 valence electrons. The summed E-state index contributed by atoms with van der Waals surface area (Å²) in [7, 11) is 0. The summed E-state index contributed by atoms with van der Waals surface area (Å²) in [5.41, 5.74) is 0.254. The van der Waals surface area contributed by atoms with Crippen molar-refractivity contribution in [2.45, 2.75) is 31.4 Å². The maximum absolute atomic E-state index is 11.5. The predicted octanol–water partition coefficient (Wildman–Crippen LogP) is 2.03. The van der Waals surface area contributed by atoms with Gasteiger partial charge in [0.05, 0.1) is 5.54 Å². The van der Waals surface area contributed by atoms with Crippen molar-refractivity contribution in [3.05, 3.63) is 35.9 Å². The lowest BCUT2D eigenvalue weighted by Gasteiger charge is -2.36. The molecule has 17 heavy (non-hydrogen) atoms. The summed E-state index contributed by atoms with van der Waals surface area (Å²) >= 11 is 0. The quantitative estimate of drug-likeness (QED) is 0.809. The van der Waals surface area contributed by atoms with Gasteiger partial charge >= 0.3 is 6.09 Å². The molecular formula is C13H15NO3. The molecular weight excluding hydrogens is 218 g/mol. The molecule has 1 aromatic rings. The predicted molar refractivity (Wildman–Crippen MR) is 62.4 cm³/mol. The van der Waals surface area contributed by atoms with Gasteiger partial charge in [0.25, 0.3) is 0 Å². The molecule has 1 saturated carbocycles. The molecule has 2 rings (SSSR count). The summed E-state index contributed by atoms with van der Waals surface area (Å²) < 4.78 is 5.05. The Bertz CT molecular complexity index is 398. The monoisotopic (exact) mass is 233 g/mol. The van der Waals surface area contributed by atoms with E-state index in [0.717, 1.165) is 18.3 Å². The minimum absolute atomic E-state index is 0.224. The normalized spacial score (nSPS) is 16.7. The highest BCUT2D eigenvalue weighted by Gasteiger charge is 2.38. The van der Waals surface area contributed by atoms with Gasteiger partial charge < -0.3 is 14.8 Å². The highest BCUT2D eigenvalue weighted by Crippen LogP contribution is 2.29. The van der Waals surface area contributed by atoms with Crippen molar-refractivity contribution < 1.29 is 14.3 Å². The number of carbonyl (C=O) groups excluding carboxylic acids is 2. The maximum atomic E-state index is 11.5. The van der Waals surface area contributed by atoms with Gasteiger partial charge in [-0.25, -0.2) is 4.79 Å². The van der Waals surface area contributed by atoms with Crippen molar-refractivity contribution in [1.82, 2.24) is 5.32 Å². The largest absolute Gasteiger partial charge is 0.445 e. The molecule has 1 aromatic carbocycles. The van der Waals surface area contributed by atoms with Crippen molar-refractivity contribution in [3.8, 4) is 0 Å². The van der Waals surface area contributed by atoms with E-state index in [-0.39, 0.29) is 6.61 Å². The van der Waals surface area contributed by atoms with E-state index in [1.807, 2.05) is 30.3 Å². The van der Waals surface area contributed by atoms with Crippen LogP contribution in [0.2, 0.25) is 0 Å². The van der Waals surface area contributed by atoms with Crippen molar-refractivity contribution in [1.29, 1.82) is 0 Å². The molecule has 4 nitrogen and oxygen atoms in total. The summed E-state index contributed by atoms with van der Waals surface area (Å²) in [5, 5.41) is 2.62. The van der Waals surface area contributed by atoms with Crippen molar-refractivity contribution in [2.75, 3.05) is 0 Å². The first kappa shape index (κ1) is 11.6. The first-order chi connectivity index (χ1) is 8.24. The van der Waals surface area contributed by atoms with Gasteiger partial charge in [-0.3, -0.25) is 0 Å². The number of benzene rings is 1. The van der Waals surface area contributed by atoms with Gasteiger partial charge in [-0.1, -0.05) is 30.3 Å². The average molecular weight is 233 g/mol. The summed E-state index contributed by atoms with van der Waals surface area (Å²) in [6, 6.07) is 9.43. The summed E-state index contributed by atoms with van der Waals surface area (Å²) in [4.78, 5) is 22.3. The fourth-order valence-electron chi connectivity index (χ4n) is 1.79. The molecule has 1 fully saturated rings. The molecule has 0 aromatic heterocycles. The lowest BCUT2D eigenvalue weighted by Crippen LogP contribution is -2.54. The Labute approximate surface area is 100.0 Å². The first-order valence-corrected chi connectivity index (χ1v) is 5.69. The standard InChI is InChI=1S/C13H15NO3/c15-10-13(7-4-8-13)14-12(16)17-9-11-5-2-1-3-6-11/h1-3,5-6,10H,4,7-9H2,(H,14,16). The molecule has 0 radical (unpaired) electrons. The number of aldehydes is 1. The van der Waals surface area contributed by atoms with Gasteiger partial charge in [-0.05, 0) is 24.8 Å². The van der Waals surface area contributed by atoms with Crippen LogP contribution in [0.5, 0.6) is 0 Å². The molecule has 0 unspecified atom stereocenters. The van der Waals surface area contributed by atoms with Crippen LogP contribution in [-0.2, 0) is 16.1 Å². The van der Waals surface area contributed by atoms with Crippen LogP contribution in [0.3, 0.4) is 0 Å². The molecule has 0 atom stereocenters. The molecule has 0 bridgehead atoms. The molecule has 0 spiro atoms. The third kappa shape index (κ3) is 2.84. The molecule has 1 aliphatic carbocycles. The van der Waals surface area contributed by atoms with E-state index in [4.69, 9.17) is 4.74 Å². The van der Waals surface area contributed by atoms with Gasteiger partial charge in [0.2, 0.25) is 0 Å². The fraction of sp³-hybridized carbons (Fsp3) is 0.385. The number of nitrogens with one attached hydrogen (secondary N) is 1. The van der Waals surface area contributed by atoms with Gasteiger partial charge in [-0.2, -0.15) is 0 Å². The molecule has 0 saturated heterocycles. The summed E-state index contributed by atoms with van der Waals surface area (Å²) in [6.45, 7) is 0.224. The second-order valence-corrected chi connectivity index (χ2v) is 4.31. The minimum atomic E-state index is -0.673. The highest BCUT2D eigenvalue weighted by molar-refractivity contribution is 5.77. The van der Waals surface area contributed by atoms with Gasteiger partial charge in [0.15, 0.2) is 0 Å². The second kappa shape index (κ2) is 4.99. The fourth-order valence-corrected chi connectivity index (χ4v) is 1.79. The van der Waals surface area contributed by atoms with E-state index >= 15 is 0 Å². The van der Waals surface area contributed by atoms with Crippen LogP contribution in [0.1, 0.15) is 24.8 Å². The maximum Gasteiger partial charge on any atom is 0.408 e. The Morgan fingerprint density at radius 2 is 2.06 bits per heavy atom.